The van der Waals surface area contributed by atoms with Crippen molar-refractivity contribution in [1.82, 2.24) is 0 Å². The highest BCUT2D eigenvalue weighted by molar-refractivity contribution is 6.02. The number of hydrogen-bond acceptors (Lipinski definition) is 4. The van der Waals surface area contributed by atoms with Crippen LogP contribution in [0.5, 0.6) is 0 Å². The summed E-state index contributed by atoms with van der Waals surface area (Å²) in [6.45, 7) is 0. The Bertz CT molecular complexity index is 569. The minimum absolute atomic E-state index is 0.248. The van der Waals surface area contributed by atoms with E-state index in [0.29, 0.717) is 24.9 Å². The van der Waals surface area contributed by atoms with Crippen LogP contribution in [-0.4, -0.2) is 30.1 Å². The molecular formula is C15H17NO5. The number of carboxylic acid groups (broad SMARTS) is 1. The van der Waals surface area contributed by atoms with Crippen LogP contribution in [0.2, 0.25) is 0 Å². The van der Waals surface area contributed by atoms with Gasteiger partial charge in [0.2, 0.25) is 5.91 Å². The SMILES string of the molecule is COC(=O)c1ccccc1NC(=O)[C@@H]1CCC[C@@H]1C(=O)O. The van der Waals surface area contributed by atoms with Gasteiger partial charge < -0.3 is 15.2 Å². The van der Waals surface area contributed by atoms with Gasteiger partial charge in [-0.15, -0.1) is 0 Å². The first-order valence-corrected chi connectivity index (χ1v) is 6.75. The molecule has 0 unspecified atom stereocenters. The smallest absolute Gasteiger partial charge is 0.339 e. The molecule has 6 heteroatoms. The van der Waals surface area contributed by atoms with Gasteiger partial charge in [0.25, 0.3) is 0 Å². The molecule has 2 rings (SSSR count). The van der Waals surface area contributed by atoms with Crippen LogP contribution in [0.1, 0.15) is 29.6 Å². The summed E-state index contributed by atoms with van der Waals surface area (Å²) in [6, 6.07) is 6.49. The lowest BCUT2D eigenvalue weighted by atomic mass is 9.95. The minimum Gasteiger partial charge on any atom is -0.481 e. The number of anilines is 1. The highest BCUT2D eigenvalue weighted by Gasteiger charge is 2.37. The van der Waals surface area contributed by atoms with Gasteiger partial charge in [-0.25, -0.2) is 4.79 Å². The van der Waals surface area contributed by atoms with Gasteiger partial charge in [-0.3, -0.25) is 9.59 Å². The summed E-state index contributed by atoms with van der Waals surface area (Å²) in [5, 5.41) is 11.8. The van der Waals surface area contributed by atoms with Crippen molar-refractivity contribution in [3.05, 3.63) is 29.8 Å². The number of carboxylic acids is 1. The van der Waals surface area contributed by atoms with Crippen LogP contribution in [0.4, 0.5) is 5.69 Å². The number of aliphatic carboxylic acids is 1. The minimum atomic E-state index is -0.950. The summed E-state index contributed by atoms with van der Waals surface area (Å²) in [4.78, 5) is 35.0. The molecule has 1 fully saturated rings. The van der Waals surface area contributed by atoms with E-state index < -0.39 is 23.8 Å². The van der Waals surface area contributed by atoms with Gasteiger partial charge in [0.05, 0.1) is 30.2 Å². The van der Waals surface area contributed by atoms with Gasteiger partial charge in [-0.2, -0.15) is 0 Å². The third kappa shape index (κ3) is 3.21. The zero-order chi connectivity index (χ0) is 15.4. The number of methoxy groups -OCH3 is 1. The van der Waals surface area contributed by atoms with Gasteiger partial charge >= 0.3 is 11.9 Å². The van der Waals surface area contributed by atoms with Crippen molar-refractivity contribution in [1.29, 1.82) is 0 Å². The fourth-order valence-corrected chi connectivity index (χ4v) is 2.67. The highest BCUT2D eigenvalue weighted by Crippen LogP contribution is 2.33. The normalized spacial score (nSPS) is 20.8. The molecule has 2 atom stereocenters. The molecule has 1 aromatic carbocycles. The molecule has 1 saturated carbocycles. The van der Waals surface area contributed by atoms with Gasteiger partial charge in [-0.1, -0.05) is 18.6 Å². The molecule has 0 radical (unpaired) electrons. The van der Waals surface area contributed by atoms with E-state index in [1.165, 1.54) is 7.11 Å². The summed E-state index contributed by atoms with van der Waals surface area (Å²) in [7, 11) is 1.26. The predicted octanol–water partition coefficient (Wildman–Crippen LogP) is 1.91. The number of carbonyl (C=O) groups is 3. The van der Waals surface area contributed by atoms with E-state index in [1.54, 1.807) is 24.3 Å². The molecule has 1 aliphatic carbocycles. The standard InChI is InChI=1S/C15H17NO5/c1-21-15(20)11-5-2-3-8-12(11)16-13(17)9-6-4-7-10(9)14(18)19/h2-3,5,8-10H,4,6-7H2,1H3,(H,16,17)(H,18,19)/t9-,10+/m1/s1. The number of benzene rings is 1. The van der Waals surface area contributed by atoms with Crippen molar-refractivity contribution in [3.8, 4) is 0 Å². The summed E-state index contributed by atoms with van der Waals surface area (Å²) < 4.78 is 4.66. The van der Waals surface area contributed by atoms with E-state index in [4.69, 9.17) is 5.11 Å². The van der Waals surface area contributed by atoms with Gasteiger partial charge in [0, 0.05) is 0 Å². The molecule has 0 aromatic heterocycles. The number of nitrogens with one attached hydrogen (secondary N) is 1. The maximum absolute atomic E-state index is 12.3. The Labute approximate surface area is 122 Å². The molecule has 1 aliphatic rings. The first-order valence-electron chi connectivity index (χ1n) is 6.75. The largest absolute Gasteiger partial charge is 0.481 e. The summed E-state index contributed by atoms with van der Waals surface area (Å²) in [5.74, 6) is -3.08. The molecule has 0 spiro atoms. The molecule has 6 nitrogen and oxygen atoms in total. The third-order valence-corrected chi connectivity index (χ3v) is 3.76. The summed E-state index contributed by atoms with van der Waals surface area (Å²) >= 11 is 0. The number of esters is 1. The second-order valence-corrected chi connectivity index (χ2v) is 5.01. The van der Waals surface area contributed by atoms with Crippen LogP contribution < -0.4 is 5.32 Å². The van der Waals surface area contributed by atoms with Crippen LogP contribution in [0, 0.1) is 11.8 Å². The fraction of sp³-hybridized carbons (Fsp3) is 0.400. The Hall–Kier alpha value is -2.37. The molecule has 112 valence electrons. The first-order chi connectivity index (χ1) is 10.0. The Morgan fingerprint density at radius 1 is 1.19 bits per heavy atom. The number of ether oxygens (including phenoxy) is 1. The van der Waals surface area contributed by atoms with Crippen molar-refractivity contribution in [3.63, 3.8) is 0 Å². The fourth-order valence-electron chi connectivity index (χ4n) is 2.67. The van der Waals surface area contributed by atoms with Crippen molar-refractivity contribution >= 4 is 23.5 Å². The number of amides is 1. The predicted molar refractivity (Wildman–Crippen MR) is 74.9 cm³/mol. The Morgan fingerprint density at radius 3 is 2.52 bits per heavy atom. The number of carbonyl (C=O) groups excluding carboxylic acids is 2. The van der Waals surface area contributed by atoms with E-state index in [0.717, 1.165) is 0 Å². The molecule has 0 aliphatic heterocycles. The van der Waals surface area contributed by atoms with E-state index in [9.17, 15) is 14.4 Å². The molecule has 0 bridgehead atoms. The molecule has 0 heterocycles. The Balaban J connectivity index is 2.17. The maximum Gasteiger partial charge on any atom is 0.339 e. The van der Waals surface area contributed by atoms with Crippen molar-refractivity contribution < 1.29 is 24.2 Å². The average molecular weight is 291 g/mol. The molecule has 1 aromatic rings. The highest BCUT2D eigenvalue weighted by atomic mass is 16.5. The lowest BCUT2D eigenvalue weighted by Gasteiger charge is -2.16. The molecule has 2 N–H and O–H groups in total. The number of hydrogen-bond donors (Lipinski definition) is 2. The number of rotatable bonds is 4. The average Bonchev–Trinajstić information content (AvgIpc) is 2.96. The molecule has 1 amide bonds. The third-order valence-electron chi connectivity index (χ3n) is 3.76. The second kappa shape index (κ2) is 6.39. The monoisotopic (exact) mass is 291 g/mol. The first kappa shape index (κ1) is 15.0. The van der Waals surface area contributed by atoms with E-state index in [-0.39, 0.29) is 11.5 Å². The molecule has 21 heavy (non-hydrogen) atoms. The van der Waals surface area contributed by atoms with Crippen LogP contribution in [0.25, 0.3) is 0 Å². The molecular weight excluding hydrogens is 274 g/mol. The van der Waals surface area contributed by atoms with E-state index in [1.807, 2.05) is 0 Å². The molecule has 0 saturated heterocycles. The zero-order valence-electron chi connectivity index (χ0n) is 11.7. The summed E-state index contributed by atoms with van der Waals surface area (Å²) in [5.41, 5.74) is 0.587. The second-order valence-electron chi connectivity index (χ2n) is 5.01. The lowest BCUT2D eigenvalue weighted by Crippen LogP contribution is -2.30. The van der Waals surface area contributed by atoms with Crippen molar-refractivity contribution in [2.45, 2.75) is 19.3 Å². The van der Waals surface area contributed by atoms with Crippen molar-refractivity contribution in [2.24, 2.45) is 11.8 Å². The Kier molecular flexibility index (Phi) is 4.57. The van der Waals surface area contributed by atoms with Gasteiger partial charge in [0.15, 0.2) is 0 Å². The Morgan fingerprint density at radius 2 is 1.86 bits per heavy atom. The van der Waals surface area contributed by atoms with Crippen LogP contribution in [0.3, 0.4) is 0 Å². The van der Waals surface area contributed by atoms with E-state index >= 15 is 0 Å². The maximum atomic E-state index is 12.3. The lowest BCUT2D eigenvalue weighted by molar-refractivity contribution is -0.145. The summed E-state index contributed by atoms with van der Waals surface area (Å²) in [6.07, 6.45) is 1.77. The zero-order valence-corrected chi connectivity index (χ0v) is 11.7. The quantitative estimate of drug-likeness (QED) is 0.827. The van der Waals surface area contributed by atoms with Crippen LogP contribution in [0.15, 0.2) is 24.3 Å². The van der Waals surface area contributed by atoms with Gasteiger partial charge in [0.1, 0.15) is 0 Å². The van der Waals surface area contributed by atoms with Crippen LogP contribution >= 0.6 is 0 Å². The topological polar surface area (TPSA) is 92.7 Å². The van der Waals surface area contributed by atoms with E-state index in [2.05, 4.69) is 10.1 Å². The van der Waals surface area contributed by atoms with Gasteiger partial charge in [-0.05, 0) is 25.0 Å². The van der Waals surface area contributed by atoms with Crippen LogP contribution in [-0.2, 0) is 14.3 Å². The number of para-hydroxylation sites is 1. The van der Waals surface area contributed by atoms with Crippen molar-refractivity contribution in [2.75, 3.05) is 12.4 Å².